The summed E-state index contributed by atoms with van der Waals surface area (Å²) in [6.45, 7) is 0.0784. The Kier molecular flexibility index (Phi) is 4.14. The van der Waals surface area contributed by atoms with Crippen LogP contribution in [0, 0.1) is 11.6 Å². The third-order valence-electron chi connectivity index (χ3n) is 2.14. The van der Waals surface area contributed by atoms with Crippen LogP contribution in [0.15, 0.2) is 34.9 Å². The smallest absolute Gasteiger partial charge is 0.200 e. The molecule has 0 atom stereocenters. The fourth-order valence-electron chi connectivity index (χ4n) is 1.33. The Morgan fingerprint density at radius 1 is 1.28 bits per heavy atom. The Balaban J connectivity index is 2.15. The van der Waals surface area contributed by atoms with E-state index in [9.17, 15) is 8.78 Å². The molecule has 0 saturated heterocycles. The van der Waals surface area contributed by atoms with Gasteiger partial charge in [-0.25, -0.2) is 9.37 Å². The van der Waals surface area contributed by atoms with E-state index < -0.39 is 11.6 Å². The van der Waals surface area contributed by atoms with E-state index in [0.29, 0.717) is 9.63 Å². The lowest BCUT2D eigenvalue weighted by Crippen LogP contribution is -1.99. The number of aromatic nitrogens is 1. The van der Waals surface area contributed by atoms with Crippen LogP contribution in [-0.4, -0.2) is 4.98 Å². The summed E-state index contributed by atoms with van der Waals surface area (Å²) in [4.78, 5) is 3.81. The van der Waals surface area contributed by atoms with Gasteiger partial charge in [0.2, 0.25) is 5.82 Å². The zero-order valence-electron chi connectivity index (χ0n) is 8.96. The van der Waals surface area contributed by atoms with E-state index in [1.807, 2.05) is 0 Å². The summed E-state index contributed by atoms with van der Waals surface area (Å²) in [5.41, 5.74) is 0.717. The van der Waals surface area contributed by atoms with Gasteiger partial charge >= 0.3 is 0 Å². The molecule has 0 fully saturated rings. The first-order valence-corrected chi connectivity index (χ1v) is 6.11. The van der Waals surface area contributed by atoms with Crippen LogP contribution < -0.4 is 4.74 Å². The van der Waals surface area contributed by atoms with Crippen molar-refractivity contribution >= 4 is 27.5 Å². The highest BCUT2D eigenvalue weighted by Crippen LogP contribution is 2.26. The molecule has 1 aromatic heterocycles. The van der Waals surface area contributed by atoms with Gasteiger partial charge in [0.1, 0.15) is 11.8 Å². The van der Waals surface area contributed by atoms with E-state index in [0.717, 1.165) is 11.6 Å². The summed E-state index contributed by atoms with van der Waals surface area (Å²) < 4.78 is 32.1. The first-order valence-electron chi connectivity index (χ1n) is 4.94. The van der Waals surface area contributed by atoms with Crippen molar-refractivity contribution in [1.82, 2.24) is 4.98 Å². The van der Waals surface area contributed by atoms with E-state index >= 15 is 0 Å². The van der Waals surface area contributed by atoms with Crippen molar-refractivity contribution < 1.29 is 13.5 Å². The summed E-state index contributed by atoms with van der Waals surface area (Å²) in [6.07, 6.45) is 1.51. The molecular weight excluding hydrogens is 327 g/mol. The Bertz CT molecular complexity index is 580. The van der Waals surface area contributed by atoms with Crippen LogP contribution in [0.5, 0.6) is 5.75 Å². The average Bonchev–Trinajstić information content (AvgIpc) is 2.32. The van der Waals surface area contributed by atoms with E-state index in [-0.39, 0.29) is 12.4 Å². The van der Waals surface area contributed by atoms with E-state index in [4.69, 9.17) is 16.3 Å². The second kappa shape index (κ2) is 5.63. The molecule has 0 amide bonds. The van der Waals surface area contributed by atoms with Crippen LogP contribution >= 0.6 is 27.5 Å². The monoisotopic (exact) mass is 333 g/mol. The molecule has 0 aliphatic rings. The standard InChI is InChI=1S/C12H7BrClF2NO/c13-8-4-9(15)12(16)10(5-8)18-6-7-1-2-17-11(14)3-7/h1-5H,6H2. The van der Waals surface area contributed by atoms with Gasteiger partial charge in [-0.1, -0.05) is 27.5 Å². The lowest BCUT2D eigenvalue weighted by Gasteiger charge is -2.08. The Hall–Kier alpha value is -1.20. The van der Waals surface area contributed by atoms with Crippen LogP contribution in [0.4, 0.5) is 8.78 Å². The fourth-order valence-corrected chi connectivity index (χ4v) is 1.94. The van der Waals surface area contributed by atoms with E-state index in [1.165, 1.54) is 12.3 Å². The summed E-state index contributed by atoms with van der Waals surface area (Å²) in [7, 11) is 0. The van der Waals surface area contributed by atoms with Crippen LogP contribution in [-0.2, 0) is 6.61 Å². The largest absolute Gasteiger partial charge is 0.486 e. The van der Waals surface area contributed by atoms with Crippen molar-refractivity contribution in [2.45, 2.75) is 6.61 Å². The van der Waals surface area contributed by atoms with Crippen LogP contribution in [0.2, 0.25) is 5.15 Å². The number of nitrogens with zero attached hydrogens (tertiary/aromatic N) is 1. The predicted molar refractivity (Wildman–Crippen MR) is 67.6 cm³/mol. The van der Waals surface area contributed by atoms with Crippen molar-refractivity contribution in [3.8, 4) is 5.75 Å². The molecule has 0 spiro atoms. The van der Waals surface area contributed by atoms with Gasteiger partial charge < -0.3 is 4.74 Å². The molecule has 2 rings (SSSR count). The van der Waals surface area contributed by atoms with Gasteiger partial charge in [-0.05, 0) is 29.8 Å². The first-order chi connectivity index (χ1) is 8.56. The van der Waals surface area contributed by atoms with Crippen molar-refractivity contribution in [2.24, 2.45) is 0 Å². The SMILES string of the molecule is Fc1cc(Br)cc(OCc2ccnc(Cl)c2)c1F. The molecule has 0 aliphatic carbocycles. The van der Waals surface area contributed by atoms with Gasteiger partial charge in [-0.2, -0.15) is 4.39 Å². The van der Waals surface area contributed by atoms with E-state index in [1.54, 1.807) is 12.1 Å². The highest BCUT2D eigenvalue weighted by molar-refractivity contribution is 9.10. The van der Waals surface area contributed by atoms with Crippen molar-refractivity contribution in [1.29, 1.82) is 0 Å². The number of hydrogen-bond acceptors (Lipinski definition) is 2. The lowest BCUT2D eigenvalue weighted by molar-refractivity contribution is 0.284. The third kappa shape index (κ3) is 3.17. The number of pyridine rings is 1. The molecule has 94 valence electrons. The van der Waals surface area contributed by atoms with Gasteiger partial charge in [0, 0.05) is 10.7 Å². The number of benzene rings is 1. The summed E-state index contributed by atoms with van der Waals surface area (Å²) in [5.74, 6) is -2.14. The fraction of sp³-hybridized carbons (Fsp3) is 0.0833. The average molecular weight is 335 g/mol. The summed E-state index contributed by atoms with van der Waals surface area (Å²) >= 11 is 8.77. The Morgan fingerprint density at radius 3 is 2.78 bits per heavy atom. The molecule has 0 bridgehead atoms. The predicted octanol–water partition coefficient (Wildman–Crippen LogP) is 4.35. The molecule has 0 saturated carbocycles. The molecular formula is C12H7BrClF2NO. The van der Waals surface area contributed by atoms with Gasteiger partial charge in [0.25, 0.3) is 0 Å². The highest BCUT2D eigenvalue weighted by Gasteiger charge is 2.11. The molecule has 2 nitrogen and oxygen atoms in total. The molecule has 0 radical (unpaired) electrons. The maximum Gasteiger partial charge on any atom is 0.200 e. The summed E-state index contributed by atoms with van der Waals surface area (Å²) in [5, 5.41) is 0.317. The van der Waals surface area contributed by atoms with Crippen molar-refractivity contribution in [3.05, 3.63) is 57.3 Å². The molecule has 18 heavy (non-hydrogen) atoms. The Labute approximate surface area is 116 Å². The number of hydrogen-bond donors (Lipinski definition) is 0. The zero-order valence-corrected chi connectivity index (χ0v) is 11.3. The summed E-state index contributed by atoms with van der Waals surface area (Å²) in [6, 6.07) is 5.67. The van der Waals surface area contributed by atoms with Crippen LogP contribution in [0.3, 0.4) is 0 Å². The van der Waals surface area contributed by atoms with Crippen LogP contribution in [0.1, 0.15) is 5.56 Å². The molecule has 0 unspecified atom stereocenters. The highest BCUT2D eigenvalue weighted by atomic mass is 79.9. The third-order valence-corrected chi connectivity index (χ3v) is 2.81. The van der Waals surface area contributed by atoms with Gasteiger partial charge in [0.15, 0.2) is 11.6 Å². The Morgan fingerprint density at radius 2 is 2.06 bits per heavy atom. The molecule has 1 heterocycles. The van der Waals surface area contributed by atoms with Crippen LogP contribution in [0.25, 0.3) is 0 Å². The minimum absolute atomic E-state index is 0.0784. The van der Waals surface area contributed by atoms with Crippen molar-refractivity contribution in [3.63, 3.8) is 0 Å². The second-order valence-corrected chi connectivity index (χ2v) is 4.78. The van der Waals surface area contributed by atoms with E-state index in [2.05, 4.69) is 20.9 Å². The maximum absolute atomic E-state index is 13.4. The molecule has 6 heteroatoms. The topological polar surface area (TPSA) is 22.1 Å². The first kappa shape index (κ1) is 13.2. The zero-order chi connectivity index (χ0) is 13.1. The minimum Gasteiger partial charge on any atom is -0.486 e. The van der Waals surface area contributed by atoms with Gasteiger partial charge in [-0.3, -0.25) is 0 Å². The van der Waals surface area contributed by atoms with Gasteiger partial charge in [-0.15, -0.1) is 0 Å². The maximum atomic E-state index is 13.4. The molecule has 2 aromatic rings. The number of halogens is 4. The minimum atomic E-state index is -1.02. The normalized spacial score (nSPS) is 10.4. The second-order valence-electron chi connectivity index (χ2n) is 3.48. The number of ether oxygens (including phenoxy) is 1. The quantitative estimate of drug-likeness (QED) is 0.615. The molecule has 0 N–H and O–H groups in total. The lowest BCUT2D eigenvalue weighted by atomic mass is 10.3. The number of rotatable bonds is 3. The molecule has 0 aliphatic heterocycles. The van der Waals surface area contributed by atoms with Crippen molar-refractivity contribution in [2.75, 3.05) is 0 Å². The molecule has 1 aromatic carbocycles. The van der Waals surface area contributed by atoms with Gasteiger partial charge in [0.05, 0.1) is 0 Å².